The zero-order chi connectivity index (χ0) is 9.19. The van der Waals surface area contributed by atoms with Gasteiger partial charge in [-0.05, 0) is 18.8 Å². The van der Waals surface area contributed by atoms with Gasteiger partial charge in [0.1, 0.15) is 0 Å². The van der Waals surface area contributed by atoms with Crippen molar-refractivity contribution < 1.29 is 18.3 Å². The molecule has 0 aromatic heterocycles. The van der Waals surface area contributed by atoms with E-state index in [-0.39, 0.29) is 23.8 Å². The third-order valence-corrected chi connectivity index (χ3v) is 3.91. The van der Waals surface area contributed by atoms with E-state index in [1.165, 1.54) is 0 Å². The monoisotopic (exact) mass is 192 g/mol. The average molecular weight is 192 g/mol. The van der Waals surface area contributed by atoms with E-state index in [2.05, 4.69) is 0 Å². The molecule has 0 aliphatic carbocycles. The van der Waals surface area contributed by atoms with Crippen LogP contribution in [0.15, 0.2) is 0 Å². The minimum absolute atomic E-state index is 0.0147. The molecule has 0 aromatic carbocycles. The van der Waals surface area contributed by atoms with E-state index in [0.717, 1.165) is 6.42 Å². The molecule has 1 fully saturated rings. The number of carbonyl (C=O) groups is 1. The molecule has 0 saturated carbocycles. The lowest BCUT2D eigenvalue weighted by Crippen LogP contribution is -2.26. The highest BCUT2D eigenvalue weighted by Gasteiger charge is 2.25. The van der Waals surface area contributed by atoms with Gasteiger partial charge in [0.15, 0.2) is 9.84 Å². The van der Waals surface area contributed by atoms with Crippen molar-refractivity contribution in [2.24, 2.45) is 5.92 Å². The van der Waals surface area contributed by atoms with Crippen LogP contribution in [-0.2, 0) is 14.6 Å². The second kappa shape index (κ2) is 3.43. The van der Waals surface area contributed by atoms with Crippen LogP contribution in [-0.4, -0.2) is 31.0 Å². The topological polar surface area (TPSA) is 71.4 Å². The van der Waals surface area contributed by atoms with Gasteiger partial charge in [-0.25, -0.2) is 8.42 Å². The fourth-order valence-corrected chi connectivity index (χ4v) is 3.30. The Balaban J connectivity index is 2.53. The van der Waals surface area contributed by atoms with Crippen molar-refractivity contribution in [2.75, 3.05) is 11.5 Å². The number of carboxylic acid groups (broad SMARTS) is 1. The largest absolute Gasteiger partial charge is 0.481 e. The highest BCUT2D eigenvalue weighted by atomic mass is 32.2. The fraction of sp³-hybridized carbons (Fsp3) is 0.857. The molecule has 0 spiro atoms. The van der Waals surface area contributed by atoms with Crippen molar-refractivity contribution in [1.29, 1.82) is 0 Å². The van der Waals surface area contributed by atoms with Gasteiger partial charge in [0.2, 0.25) is 0 Å². The lowest BCUT2D eigenvalue weighted by atomic mass is 10.0. The summed E-state index contributed by atoms with van der Waals surface area (Å²) in [5.41, 5.74) is 0. The zero-order valence-electron chi connectivity index (χ0n) is 6.69. The maximum atomic E-state index is 11.0. The van der Waals surface area contributed by atoms with Crippen LogP contribution >= 0.6 is 0 Å². The summed E-state index contributed by atoms with van der Waals surface area (Å²) in [5, 5.41) is 8.44. The molecule has 1 heterocycles. The summed E-state index contributed by atoms with van der Waals surface area (Å²) in [7, 11) is -2.94. The van der Waals surface area contributed by atoms with Crippen LogP contribution in [0.1, 0.15) is 19.3 Å². The first-order valence-corrected chi connectivity index (χ1v) is 5.74. The van der Waals surface area contributed by atoms with E-state index in [9.17, 15) is 13.2 Å². The summed E-state index contributed by atoms with van der Waals surface area (Å²) >= 11 is 0. The molecular formula is C7H12O4S. The molecule has 0 bridgehead atoms. The van der Waals surface area contributed by atoms with Gasteiger partial charge in [-0.2, -0.15) is 0 Å². The minimum Gasteiger partial charge on any atom is -0.481 e. The Labute approximate surface area is 71.5 Å². The number of carboxylic acids is 1. The van der Waals surface area contributed by atoms with Gasteiger partial charge in [0.05, 0.1) is 11.5 Å². The molecule has 0 aromatic rings. The van der Waals surface area contributed by atoms with Crippen LogP contribution in [0.25, 0.3) is 0 Å². The van der Waals surface area contributed by atoms with E-state index in [4.69, 9.17) is 5.11 Å². The van der Waals surface area contributed by atoms with Gasteiger partial charge in [-0.15, -0.1) is 0 Å². The van der Waals surface area contributed by atoms with E-state index < -0.39 is 15.8 Å². The molecule has 1 N–H and O–H groups in total. The van der Waals surface area contributed by atoms with Crippen molar-refractivity contribution in [3.8, 4) is 0 Å². The first-order valence-electron chi connectivity index (χ1n) is 3.92. The van der Waals surface area contributed by atoms with Crippen LogP contribution in [0.4, 0.5) is 0 Å². The summed E-state index contributed by atoms with van der Waals surface area (Å²) in [6.07, 6.45) is 1.32. The van der Waals surface area contributed by atoms with Crippen LogP contribution < -0.4 is 0 Å². The summed E-state index contributed by atoms with van der Waals surface area (Å²) in [6, 6.07) is 0. The quantitative estimate of drug-likeness (QED) is 0.682. The van der Waals surface area contributed by atoms with Crippen molar-refractivity contribution in [2.45, 2.75) is 19.3 Å². The van der Waals surface area contributed by atoms with Gasteiger partial charge in [-0.3, -0.25) is 4.79 Å². The third kappa shape index (κ3) is 2.81. The van der Waals surface area contributed by atoms with Gasteiger partial charge in [0.25, 0.3) is 0 Å². The molecule has 1 atom stereocenters. The van der Waals surface area contributed by atoms with E-state index in [1.54, 1.807) is 0 Å². The van der Waals surface area contributed by atoms with E-state index >= 15 is 0 Å². The molecule has 4 nitrogen and oxygen atoms in total. The van der Waals surface area contributed by atoms with Crippen molar-refractivity contribution in [3.05, 3.63) is 0 Å². The third-order valence-electron chi connectivity index (χ3n) is 2.02. The highest BCUT2D eigenvalue weighted by Crippen LogP contribution is 2.20. The lowest BCUT2D eigenvalue weighted by Gasteiger charge is -2.19. The number of aliphatic carboxylic acids is 1. The molecule has 1 saturated heterocycles. The molecule has 5 heteroatoms. The standard InChI is InChI=1S/C7H12O4S/c8-7(9)4-6-2-1-3-12(10,11)5-6/h6H,1-5H2,(H,8,9)/t6-/m1/s1. The first kappa shape index (κ1) is 9.51. The van der Waals surface area contributed by atoms with Gasteiger partial charge in [0, 0.05) is 6.42 Å². The Morgan fingerprint density at radius 1 is 1.50 bits per heavy atom. The van der Waals surface area contributed by atoms with Crippen molar-refractivity contribution in [3.63, 3.8) is 0 Å². The molecule has 1 aliphatic heterocycles. The second-order valence-electron chi connectivity index (χ2n) is 3.22. The molecular weight excluding hydrogens is 180 g/mol. The lowest BCUT2D eigenvalue weighted by molar-refractivity contribution is -0.138. The zero-order valence-corrected chi connectivity index (χ0v) is 7.51. The van der Waals surface area contributed by atoms with Gasteiger partial charge >= 0.3 is 5.97 Å². The molecule has 1 aliphatic rings. The van der Waals surface area contributed by atoms with E-state index in [1.807, 2.05) is 0 Å². The summed E-state index contributed by atoms with van der Waals surface area (Å²) in [6.45, 7) is 0. The fourth-order valence-electron chi connectivity index (χ4n) is 1.53. The Morgan fingerprint density at radius 2 is 2.17 bits per heavy atom. The maximum Gasteiger partial charge on any atom is 0.303 e. The predicted molar refractivity (Wildman–Crippen MR) is 43.6 cm³/mol. The summed E-state index contributed by atoms with van der Waals surface area (Å²) in [5.74, 6) is -0.791. The van der Waals surface area contributed by atoms with E-state index in [0.29, 0.717) is 6.42 Å². The van der Waals surface area contributed by atoms with Crippen LogP contribution in [0, 0.1) is 5.92 Å². The molecule has 12 heavy (non-hydrogen) atoms. The predicted octanol–water partition coefficient (Wildman–Crippen LogP) is 0.286. The Bertz CT molecular complexity index is 267. The Morgan fingerprint density at radius 3 is 2.67 bits per heavy atom. The molecule has 70 valence electrons. The molecule has 0 unspecified atom stereocenters. The highest BCUT2D eigenvalue weighted by molar-refractivity contribution is 7.91. The van der Waals surface area contributed by atoms with Crippen molar-refractivity contribution >= 4 is 15.8 Å². The average Bonchev–Trinajstić information content (AvgIpc) is 1.82. The van der Waals surface area contributed by atoms with Crippen LogP contribution in [0.2, 0.25) is 0 Å². The minimum atomic E-state index is -2.94. The maximum absolute atomic E-state index is 11.0. The molecule has 0 amide bonds. The summed E-state index contributed by atoms with van der Waals surface area (Å²) in [4.78, 5) is 10.3. The van der Waals surface area contributed by atoms with Gasteiger partial charge in [-0.1, -0.05) is 0 Å². The Hall–Kier alpha value is -0.580. The summed E-state index contributed by atoms with van der Waals surface area (Å²) < 4.78 is 22.1. The first-order chi connectivity index (χ1) is 5.49. The number of hydrogen-bond donors (Lipinski definition) is 1. The molecule has 1 rings (SSSR count). The second-order valence-corrected chi connectivity index (χ2v) is 5.45. The van der Waals surface area contributed by atoms with Gasteiger partial charge < -0.3 is 5.11 Å². The number of sulfone groups is 1. The number of hydrogen-bond acceptors (Lipinski definition) is 3. The Kier molecular flexibility index (Phi) is 2.72. The molecule has 0 radical (unpaired) electrons. The normalized spacial score (nSPS) is 28.2. The van der Waals surface area contributed by atoms with Crippen LogP contribution in [0.3, 0.4) is 0 Å². The number of rotatable bonds is 2. The van der Waals surface area contributed by atoms with Crippen molar-refractivity contribution in [1.82, 2.24) is 0 Å². The SMILES string of the molecule is O=C(O)C[C@H]1CCCS(=O)(=O)C1. The smallest absolute Gasteiger partial charge is 0.303 e. The van der Waals surface area contributed by atoms with Crippen LogP contribution in [0.5, 0.6) is 0 Å².